The molecule has 2 aromatic rings. The first kappa shape index (κ1) is 17.6. The van der Waals surface area contributed by atoms with E-state index in [1.807, 2.05) is 0 Å². The Bertz CT molecular complexity index is 589. The van der Waals surface area contributed by atoms with E-state index in [2.05, 4.69) is 81.5 Å². The summed E-state index contributed by atoms with van der Waals surface area (Å²) in [7, 11) is 0. The summed E-state index contributed by atoms with van der Waals surface area (Å²) in [5, 5.41) is 3.58. The van der Waals surface area contributed by atoms with Crippen molar-refractivity contribution in [3.8, 4) is 5.75 Å². The van der Waals surface area contributed by atoms with Crippen LogP contribution in [0.3, 0.4) is 0 Å². The Morgan fingerprint density at radius 1 is 1.00 bits per heavy atom. The Balaban J connectivity index is 1.83. The van der Waals surface area contributed by atoms with E-state index in [9.17, 15) is 0 Å². The van der Waals surface area contributed by atoms with Gasteiger partial charge in [-0.15, -0.1) is 0 Å². The SMILES string of the molecule is Cc1cccc(CNC(C)c2ccc(OCCC(C)C)cc2)c1. The number of benzene rings is 2. The van der Waals surface area contributed by atoms with Crippen molar-refractivity contribution >= 4 is 0 Å². The van der Waals surface area contributed by atoms with Crippen LogP contribution in [0.4, 0.5) is 0 Å². The van der Waals surface area contributed by atoms with Gasteiger partial charge in [0, 0.05) is 12.6 Å². The molecule has 0 aliphatic heterocycles. The first-order valence-corrected chi connectivity index (χ1v) is 8.56. The molecule has 0 radical (unpaired) electrons. The number of nitrogens with one attached hydrogen (secondary N) is 1. The fraction of sp³-hybridized carbons (Fsp3) is 0.429. The summed E-state index contributed by atoms with van der Waals surface area (Å²) in [6.45, 7) is 10.4. The van der Waals surface area contributed by atoms with Gasteiger partial charge in [0.1, 0.15) is 5.75 Å². The molecule has 0 saturated heterocycles. The molecule has 2 rings (SSSR count). The van der Waals surface area contributed by atoms with Crippen LogP contribution in [0.5, 0.6) is 5.75 Å². The maximum Gasteiger partial charge on any atom is 0.119 e. The topological polar surface area (TPSA) is 21.3 Å². The minimum absolute atomic E-state index is 0.320. The van der Waals surface area contributed by atoms with Gasteiger partial charge in [-0.3, -0.25) is 0 Å². The smallest absolute Gasteiger partial charge is 0.119 e. The van der Waals surface area contributed by atoms with Gasteiger partial charge in [0.15, 0.2) is 0 Å². The highest BCUT2D eigenvalue weighted by Crippen LogP contribution is 2.18. The van der Waals surface area contributed by atoms with Gasteiger partial charge in [-0.2, -0.15) is 0 Å². The molecule has 124 valence electrons. The molecule has 0 saturated carbocycles. The van der Waals surface area contributed by atoms with Crippen molar-refractivity contribution in [2.24, 2.45) is 5.92 Å². The Morgan fingerprint density at radius 3 is 2.39 bits per heavy atom. The van der Waals surface area contributed by atoms with Crippen LogP contribution in [0.25, 0.3) is 0 Å². The Morgan fingerprint density at radius 2 is 1.74 bits per heavy atom. The van der Waals surface area contributed by atoms with Crippen molar-refractivity contribution in [1.82, 2.24) is 5.32 Å². The van der Waals surface area contributed by atoms with Gasteiger partial charge in [-0.05, 0) is 49.4 Å². The normalized spacial score (nSPS) is 12.4. The number of hydrogen-bond acceptors (Lipinski definition) is 2. The van der Waals surface area contributed by atoms with Crippen molar-refractivity contribution in [2.45, 2.75) is 46.7 Å². The zero-order valence-electron chi connectivity index (χ0n) is 14.8. The quantitative estimate of drug-likeness (QED) is 0.717. The van der Waals surface area contributed by atoms with Gasteiger partial charge < -0.3 is 10.1 Å². The van der Waals surface area contributed by atoms with E-state index in [1.165, 1.54) is 16.7 Å². The Kier molecular flexibility index (Phi) is 6.66. The average molecular weight is 311 g/mol. The third-order valence-electron chi connectivity index (χ3n) is 4.04. The molecule has 0 spiro atoms. The molecule has 1 N–H and O–H groups in total. The minimum atomic E-state index is 0.320. The largest absolute Gasteiger partial charge is 0.494 e. The van der Waals surface area contributed by atoms with Gasteiger partial charge >= 0.3 is 0 Å². The summed E-state index contributed by atoms with van der Waals surface area (Å²) >= 11 is 0. The summed E-state index contributed by atoms with van der Waals surface area (Å²) < 4.78 is 5.77. The van der Waals surface area contributed by atoms with Crippen molar-refractivity contribution in [1.29, 1.82) is 0 Å². The molecule has 0 fully saturated rings. The van der Waals surface area contributed by atoms with E-state index < -0.39 is 0 Å². The van der Waals surface area contributed by atoms with E-state index in [0.717, 1.165) is 25.3 Å². The predicted octanol–water partition coefficient (Wildman–Crippen LogP) is 5.27. The van der Waals surface area contributed by atoms with E-state index in [-0.39, 0.29) is 0 Å². The molecule has 0 aromatic heterocycles. The molecule has 0 aliphatic rings. The highest BCUT2D eigenvalue weighted by Gasteiger charge is 2.05. The molecule has 2 aromatic carbocycles. The third-order valence-corrected chi connectivity index (χ3v) is 4.04. The second-order valence-corrected chi connectivity index (χ2v) is 6.69. The fourth-order valence-corrected chi connectivity index (χ4v) is 2.48. The Labute approximate surface area is 140 Å². The number of ether oxygens (including phenoxy) is 1. The highest BCUT2D eigenvalue weighted by atomic mass is 16.5. The summed E-state index contributed by atoms with van der Waals surface area (Å²) in [6.07, 6.45) is 1.09. The summed E-state index contributed by atoms with van der Waals surface area (Å²) in [5.74, 6) is 1.64. The molecule has 0 bridgehead atoms. The molecule has 0 aliphatic carbocycles. The average Bonchev–Trinajstić information content (AvgIpc) is 2.53. The van der Waals surface area contributed by atoms with Crippen molar-refractivity contribution in [2.75, 3.05) is 6.61 Å². The van der Waals surface area contributed by atoms with Gasteiger partial charge in [-0.1, -0.05) is 55.8 Å². The van der Waals surface area contributed by atoms with Crippen LogP contribution in [0.1, 0.15) is 49.9 Å². The van der Waals surface area contributed by atoms with E-state index >= 15 is 0 Å². The molecule has 23 heavy (non-hydrogen) atoms. The second-order valence-electron chi connectivity index (χ2n) is 6.69. The maximum absolute atomic E-state index is 5.77. The lowest BCUT2D eigenvalue weighted by atomic mass is 10.1. The number of rotatable bonds is 8. The zero-order valence-corrected chi connectivity index (χ0v) is 14.8. The van der Waals surface area contributed by atoms with Crippen LogP contribution in [0, 0.1) is 12.8 Å². The third kappa shape index (κ3) is 6.07. The molecule has 0 amide bonds. The number of aryl methyl sites for hydroxylation is 1. The first-order valence-electron chi connectivity index (χ1n) is 8.56. The van der Waals surface area contributed by atoms with Crippen LogP contribution in [-0.4, -0.2) is 6.61 Å². The molecule has 2 nitrogen and oxygen atoms in total. The van der Waals surface area contributed by atoms with Crippen LogP contribution in [0.15, 0.2) is 48.5 Å². The van der Waals surface area contributed by atoms with E-state index in [4.69, 9.17) is 4.74 Å². The lowest BCUT2D eigenvalue weighted by Gasteiger charge is -2.15. The molecule has 2 heteroatoms. The van der Waals surface area contributed by atoms with Gasteiger partial charge in [0.25, 0.3) is 0 Å². The monoisotopic (exact) mass is 311 g/mol. The lowest BCUT2D eigenvalue weighted by Crippen LogP contribution is -2.18. The summed E-state index contributed by atoms with van der Waals surface area (Å²) in [6, 6.07) is 17.4. The van der Waals surface area contributed by atoms with Crippen LogP contribution in [0.2, 0.25) is 0 Å². The van der Waals surface area contributed by atoms with Crippen molar-refractivity contribution in [3.63, 3.8) is 0 Å². The second kappa shape index (κ2) is 8.73. The van der Waals surface area contributed by atoms with Crippen LogP contribution in [-0.2, 0) is 6.54 Å². The van der Waals surface area contributed by atoms with Crippen molar-refractivity contribution < 1.29 is 4.74 Å². The van der Waals surface area contributed by atoms with Crippen molar-refractivity contribution in [3.05, 3.63) is 65.2 Å². The highest BCUT2D eigenvalue weighted by molar-refractivity contribution is 5.29. The van der Waals surface area contributed by atoms with E-state index in [0.29, 0.717) is 12.0 Å². The summed E-state index contributed by atoms with van der Waals surface area (Å²) in [4.78, 5) is 0. The lowest BCUT2D eigenvalue weighted by molar-refractivity contribution is 0.289. The standard InChI is InChI=1S/C21H29NO/c1-16(2)12-13-23-21-10-8-20(9-11-21)18(4)22-15-19-7-5-6-17(3)14-19/h5-11,14,16,18,22H,12-13,15H2,1-4H3. The van der Waals surface area contributed by atoms with Crippen LogP contribution < -0.4 is 10.1 Å². The molecular formula is C21H29NO. The molecular weight excluding hydrogens is 282 g/mol. The van der Waals surface area contributed by atoms with E-state index in [1.54, 1.807) is 0 Å². The summed E-state index contributed by atoms with van der Waals surface area (Å²) in [5.41, 5.74) is 3.92. The predicted molar refractivity (Wildman–Crippen MR) is 97.8 cm³/mol. The first-order chi connectivity index (χ1) is 11.0. The van der Waals surface area contributed by atoms with Gasteiger partial charge in [0.2, 0.25) is 0 Å². The zero-order chi connectivity index (χ0) is 16.7. The minimum Gasteiger partial charge on any atom is -0.494 e. The van der Waals surface area contributed by atoms with Crippen LogP contribution >= 0.6 is 0 Å². The fourth-order valence-electron chi connectivity index (χ4n) is 2.48. The molecule has 0 heterocycles. The Hall–Kier alpha value is -1.80. The maximum atomic E-state index is 5.77. The van der Waals surface area contributed by atoms with Gasteiger partial charge in [-0.25, -0.2) is 0 Å². The molecule has 1 atom stereocenters. The van der Waals surface area contributed by atoms with Gasteiger partial charge in [0.05, 0.1) is 6.61 Å². The molecule has 1 unspecified atom stereocenters. The number of hydrogen-bond donors (Lipinski definition) is 1.